The maximum absolute atomic E-state index is 12.8. The van der Waals surface area contributed by atoms with Crippen molar-refractivity contribution in [2.45, 2.75) is 72.5 Å². The van der Waals surface area contributed by atoms with Gasteiger partial charge in [-0.3, -0.25) is 0 Å². The molecule has 10 nitrogen and oxygen atoms in total. The lowest BCUT2D eigenvalue weighted by Gasteiger charge is -2.27. The summed E-state index contributed by atoms with van der Waals surface area (Å²) >= 11 is 8.28. The van der Waals surface area contributed by atoms with Crippen LogP contribution in [0.4, 0.5) is 21.4 Å². The van der Waals surface area contributed by atoms with Crippen LogP contribution in [0.1, 0.15) is 61.3 Å². The summed E-state index contributed by atoms with van der Waals surface area (Å²) in [6.45, 7) is 13.6. The fourth-order valence-corrected chi connectivity index (χ4v) is 5.08. The molecule has 0 bridgehead atoms. The molecule has 3 aromatic rings. The standard InChI is InChI=1S/C29H40ClN5O5S/c1-10-18(17-38-27(37)40-29(5,6)7)15-16-34(8)23-21(24-31-19-13-11-12-14-20(19)41-24)22(30)32-25(33-23)35(9)26(36)39-28(2,3)4/h11-14,18H,10,15-17H2,1-9H3. The van der Waals surface area contributed by atoms with Gasteiger partial charge in [0.1, 0.15) is 27.2 Å². The molecule has 0 radical (unpaired) electrons. The van der Waals surface area contributed by atoms with E-state index in [4.69, 9.17) is 35.8 Å². The number of thiazole rings is 1. The van der Waals surface area contributed by atoms with Crippen LogP contribution in [0.5, 0.6) is 0 Å². The number of anilines is 2. The van der Waals surface area contributed by atoms with Gasteiger partial charge in [0.15, 0.2) is 0 Å². The van der Waals surface area contributed by atoms with Gasteiger partial charge in [0.2, 0.25) is 5.95 Å². The number of hydrogen-bond acceptors (Lipinski definition) is 10. The SMILES string of the molecule is CCC(CCN(C)c1nc(N(C)C(=O)OC(C)(C)C)nc(Cl)c1-c1nc2ccccc2s1)COC(=O)OC(C)(C)C. The average molecular weight is 606 g/mol. The Morgan fingerprint density at radius 2 is 1.66 bits per heavy atom. The second-order valence-corrected chi connectivity index (χ2v) is 13.2. The van der Waals surface area contributed by atoms with E-state index in [1.165, 1.54) is 16.2 Å². The van der Waals surface area contributed by atoms with Gasteiger partial charge in [0.05, 0.1) is 22.4 Å². The number of carbonyl (C=O) groups excluding carboxylic acids is 2. The van der Waals surface area contributed by atoms with Crippen LogP contribution in [-0.2, 0) is 14.2 Å². The number of ether oxygens (including phenoxy) is 3. The zero-order chi connectivity index (χ0) is 30.5. The number of rotatable bonds is 9. The van der Waals surface area contributed by atoms with E-state index in [0.717, 1.165) is 16.6 Å². The molecular formula is C29H40ClN5O5S. The van der Waals surface area contributed by atoms with Gasteiger partial charge in [-0.1, -0.05) is 30.7 Å². The topological polar surface area (TPSA) is 107 Å². The fraction of sp³-hybridized carbons (Fsp3) is 0.552. The van der Waals surface area contributed by atoms with Crippen LogP contribution in [0.3, 0.4) is 0 Å². The molecule has 0 fully saturated rings. The van der Waals surface area contributed by atoms with Crippen molar-refractivity contribution in [2.75, 3.05) is 37.0 Å². The van der Waals surface area contributed by atoms with Crippen molar-refractivity contribution in [1.82, 2.24) is 15.0 Å². The lowest BCUT2D eigenvalue weighted by atomic mass is 10.0. The Labute approximate surface area is 251 Å². The number of halogens is 1. The van der Waals surface area contributed by atoms with Gasteiger partial charge in [-0.15, -0.1) is 11.3 Å². The van der Waals surface area contributed by atoms with Crippen molar-refractivity contribution in [3.8, 4) is 10.6 Å². The minimum atomic E-state index is -0.688. The van der Waals surface area contributed by atoms with E-state index in [2.05, 4.69) is 4.98 Å². The molecule has 0 saturated heterocycles. The molecule has 1 aromatic carbocycles. The number of hydrogen-bond donors (Lipinski definition) is 0. The van der Waals surface area contributed by atoms with Crippen LogP contribution in [0.2, 0.25) is 5.15 Å². The number of para-hydroxylation sites is 1. The molecule has 224 valence electrons. The maximum Gasteiger partial charge on any atom is 0.508 e. The first-order chi connectivity index (χ1) is 19.1. The Morgan fingerprint density at radius 1 is 1.00 bits per heavy atom. The number of aromatic nitrogens is 3. The molecule has 0 spiro atoms. The van der Waals surface area contributed by atoms with E-state index in [-0.39, 0.29) is 23.6 Å². The number of fused-ring (bicyclic) bond motifs is 1. The first-order valence-corrected chi connectivity index (χ1v) is 14.7. The molecule has 1 atom stereocenters. The molecule has 41 heavy (non-hydrogen) atoms. The summed E-state index contributed by atoms with van der Waals surface area (Å²) in [6, 6.07) is 7.82. The van der Waals surface area contributed by atoms with Crippen molar-refractivity contribution < 1.29 is 23.8 Å². The third-order valence-electron chi connectivity index (χ3n) is 5.95. The highest BCUT2D eigenvalue weighted by atomic mass is 35.5. The van der Waals surface area contributed by atoms with E-state index < -0.39 is 23.5 Å². The molecule has 0 aliphatic rings. The fourth-order valence-electron chi connectivity index (χ4n) is 3.77. The largest absolute Gasteiger partial charge is 0.508 e. The summed E-state index contributed by atoms with van der Waals surface area (Å²) in [4.78, 5) is 42.1. The molecule has 0 aliphatic heterocycles. The summed E-state index contributed by atoms with van der Waals surface area (Å²) in [7, 11) is 3.44. The molecule has 0 saturated carbocycles. The van der Waals surface area contributed by atoms with Crippen LogP contribution >= 0.6 is 22.9 Å². The van der Waals surface area contributed by atoms with Crippen molar-refractivity contribution >= 4 is 57.2 Å². The van der Waals surface area contributed by atoms with Crippen molar-refractivity contribution in [1.29, 1.82) is 0 Å². The Kier molecular flexibility index (Phi) is 10.4. The molecule has 12 heteroatoms. The minimum Gasteiger partial charge on any atom is -0.443 e. The molecule has 0 aliphatic carbocycles. The summed E-state index contributed by atoms with van der Waals surface area (Å²) < 4.78 is 17.2. The first kappa shape index (κ1) is 32.3. The first-order valence-electron chi connectivity index (χ1n) is 13.5. The lowest BCUT2D eigenvalue weighted by molar-refractivity contribution is -0.0137. The van der Waals surface area contributed by atoms with Gasteiger partial charge in [0.25, 0.3) is 0 Å². The van der Waals surface area contributed by atoms with Gasteiger partial charge in [-0.05, 0) is 72.4 Å². The summed E-state index contributed by atoms with van der Waals surface area (Å²) in [5, 5.41) is 0.844. The summed E-state index contributed by atoms with van der Waals surface area (Å²) in [5.41, 5.74) is 0.117. The van der Waals surface area contributed by atoms with Gasteiger partial charge in [-0.25, -0.2) is 19.5 Å². The van der Waals surface area contributed by atoms with E-state index in [9.17, 15) is 9.59 Å². The quantitative estimate of drug-likeness (QED) is 0.180. The Balaban J connectivity index is 1.90. The van der Waals surface area contributed by atoms with Crippen LogP contribution < -0.4 is 9.80 Å². The van der Waals surface area contributed by atoms with Crippen LogP contribution in [0, 0.1) is 5.92 Å². The zero-order valence-electron chi connectivity index (χ0n) is 25.3. The number of amides is 1. The van der Waals surface area contributed by atoms with Gasteiger partial charge < -0.3 is 19.1 Å². The molecule has 3 rings (SSSR count). The van der Waals surface area contributed by atoms with E-state index in [0.29, 0.717) is 29.4 Å². The van der Waals surface area contributed by atoms with Crippen molar-refractivity contribution in [2.24, 2.45) is 5.92 Å². The third-order valence-corrected chi connectivity index (χ3v) is 7.27. The summed E-state index contributed by atoms with van der Waals surface area (Å²) in [5.74, 6) is 0.728. The van der Waals surface area contributed by atoms with Crippen LogP contribution in [0.15, 0.2) is 24.3 Å². The normalized spacial score (nSPS) is 12.6. The number of carbonyl (C=O) groups is 2. The zero-order valence-corrected chi connectivity index (χ0v) is 26.9. The van der Waals surface area contributed by atoms with Crippen LogP contribution in [0.25, 0.3) is 20.8 Å². The smallest absolute Gasteiger partial charge is 0.443 e. The van der Waals surface area contributed by atoms with E-state index in [1.807, 2.05) is 43.1 Å². The monoisotopic (exact) mass is 605 g/mol. The highest BCUT2D eigenvalue weighted by Crippen LogP contribution is 2.40. The molecule has 2 aromatic heterocycles. The van der Waals surface area contributed by atoms with Crippen molar-refractivity contribution in [3.63, 3.8) is 0 Å². The van der Waals surface area contributed by atoms with Gasteiger partial charge >= 0.3 is 12.2 Å². The second-order valence-electron chi connectivity index (χ2n) is 11.8. The van der Waals surface area contributed by atoms with E-state index in [1.54, 1.807) is 48.6 Å². The molecule has 1 unspecified atom stereocenters. The Morgan fingerprint density at radius 3 is 2.27 bits per heavy atom. The Hall–Kier alpha value is -3.18. The Bertz CT molecular complexity index is 1330. The number of nitrogens with zero attached hydrogens (tertiary/aromatic N) is 5. The number of benzene rings is 1. The molecule has 2 heterocycles. The van der Waals surface area contributed by atoms with E-state index >= 15 is 0 Å². The second kappa shape index (κ2) is 13.2. The highest BCUT2D eigenvalue weighted by Gasteiger charge is 2.27. The maximum atomic E-state index is 12.8. The predicted molar refractivity (Wildman–Crippen MR) is 164 cm³/mol. The highest BCUT2D eigenvalue weighted by molar-refractivity contribution is 7.21. The predicted octanol–water partition coefficient (Wildman–Crippen LogP) is 7.58. The van der Waals surface area contributed by atoms with Gasteiger partial charge in [0, 0.05) is 20.6 Å². The third kappa shape index (κ3) is 9.16. The molecular weight excluding hydrogens is 566 g/mol. The van der Waals surface area contributed by atoms with Crippen LogP contribution in [-0.4, -0.2) is 65.6 Å². The van der Waals surface area contributed by atoms with Gasteiger partial charge in [-0.2, -0.15) is 9.97 Å². The lowest BCUT2D eigenvalue weighted by Crippen LogP contribution is -2.35. The summed E-state index contributed by atoms with van der Waals surface area (Å²) in [6.07, 6.45) is 0.229. The molecule has 0 N–H and O–H groups in total. The molecule has 1 amide bonds. The van der Waals surface area contributed by atoms with Crippen molar-refractivity contribution in [3.05, 3.63) is 29.4 Å². The average Bonchev–Trinajstić information content (AvgIpc) is 3.29. The minimum absolute atomic E-state index is 0.0945.